The number of rotatable bonds is 6. The number of hydrogen-bond acceptors (Lipinski definition) is 3. The van der Waals surface area contributed by atoms with Gasteiger partial charge in [-0.2, -0.15) is 0 Å². The van der Waals surface area contributed by atoms with Crippen LogP contribution in [-0.2, 0) is 6.54 Å². The zero-order chi connectivity index (χ0) is 14.4. The molecule has 0 unspecified atom stereocenters. The first-order valence-corrected chi connectivity index (χ1v) is 7.31. The van der Waals surface area contributed by atoms with E-state index in [4.69, 9.17) is 0 Å². The maximum Gasteiger partial charge on any atom is 0.164 e. The van der Waals surface area contributed by atoms with Gasteiger partial charge in [0.25, 0.3) is 0 Å². The average molecular weight is 333 g/mol. The normalized spacial score (nSPS) is 10.8. The monoisotopic (exact) mass is 332 g/mol. The summed E-state index contributed by atoms with van der Waals surface area (Å²) in [6.07, 6.45) is 2.31. The minimum atomic E-state index is 0.172. The van der Waals surface area contributed by atoms with E-state index in [0.29, 0.717) is 6.42 Å². The summed E-state index contributed by atoms with van der Waals surface area (Å²) in [6, 6.07) is 13.4. The lowest BCUT2D eigenvalue weighted by atomic mass is 10.1. The fourth-order valence-electron chi connectivity index (χ4n) is 1.92. The van der Waals surface area contributed by atoms with Crippen molar-refractivity contribution < 1.29 is 4.79 Å². The molecule has 104 valence electrons. The van der Waals surface area contributed by atoms with Crippen molar-refractivity contribution in [2.45, 2.75) is 13.0 Å². The van der Waals surface area contributed by atoms with E-state index in [1.165, 1.54) is 0 Å². The Balaban J connectivity index is 1.82. The van der Waals surface area contributed by atoms with E-state index >= 15 is 0 Å². The third-order valence-corrected chi connectivity index (χ3v) is 3.57. The lowest BCUT2D eigenvalue weighted by Crippen LogP contribution is -2.22. The Labute approximate surface area is 127 Å². The topological polar surface area (TPSA) is 33.2 Å². The van der Waals surface area contributed by atoms with Crippen LogP contribution in [0, 0.1) is 0 Å². The highest BCUT2D eigenvalue weighted by molar-refractivity contribution is 9.10. The number of carbonyl (C=O) groups excluding carboxylic acids is 1. The molecule has 0 amide bonds. The van der Waals surface area contributed by atoms with Crippen molar-refractivity contribution in [2.24, 2.45) is 0 Å². The second-order valence-corrected chi connectivity index (χ2v) is 5.65. The molecule has 1 heterocycles. The van der Waals surface area contributed by atoms with Gasteiger partial charge in [0.05, 0.1) is 5.69 Å². The predicted molar refractivity (Wildman–Crippen MR) is 83.7 cm³/mol. The van der Waals surface area contributed by atoms with Gasteiger partial charge in [-0.1, -0.05) is 34.1 Å². The van der Waals surface area contributed by atoms with Crippen LogP contribution in [0.4, 0.5) is 0 Å². The minimum Gasteiger partial charge on any atom is -0.300 e. The van der Waals surface area contributed by atoms with Gasteiger partial charge < -0.3 is 4.90 Å². The van der Waals surface area contributed by atoms with Gasteiger partial charge in [0.1, 0.15) is 0 Å². The van der Waals surface area contributed by atoms with Crippen LogP contribution in [0.2, 0.25) is 0 Å². The molecule has 0 aliphatic carbocycles. The van der Waals surface area contributed by atoms with Crippen LogP contribution < -0.4 is 0 Å². The van der Waals surface area contributed by atoms with Gasteiger partial charge in [0.2, 0.25) is 0 Å². The van der Waals surface area contributed by atoms with Crippen molar-refractivity contribution in [2.75, 3.05) is 13.6 Å². The molecule has 0 saturated carbocycles. The molecule has 0 fully saturated rings. The van der Waals surface area contributed by atoms with E-state index in [0.717, 1.165) is 28.8 Å². The van der Waals surface area contributed by atoms with Gasteiger partial charge in [-0.05, 0) is 31.3 Å². The highest BCUT2D eigenvalue weighted by Crippen LogP contribution is 2.12. The van der Waals surface area contributed by atoms with Crippen molar-refractivity contribution in [1.29, 1.82) is 0 Å². The second kappa shape index (κ2) is 7.31. The van der Waals surface area contributed by atoms with Crippen LogP contribution in [0.3, 0.4) is 0 Å². The molecule has 0 radical (unpaired) electrons. The maximum absolute atomic E-state index is 12.1. The van der Waals surface area contributed by atoms with Crippen molar-refractivity contribution in [1.82, 2.24) is 9.88 Å². The summed E-state index contributed by atoms with van der Waals surface area (Å²) in [5.41, 5.74) is 1.78. The van der Waals surface area contributed by atoms with E-state index in [2.05, 4.69) is 25.8 Å². The summed E-state index contributed by atoms with van der Waals surface area (Å²) in [4.78, 5) is 18.4. The molecule has 0 aliphatic heterocycles. The fourth-order valence-corrected chi connectivity index (χ4v) is 2.18. The summed E-state index contributed by atoms with van der Waals surface area (Å²) in [6.45, 7) is 1.49. The first-order valence-electron chi connectivity index (χ1n) is 6.52. The average Bonchev–Trinajstić information content (AvgIpc) is 2.46. The van der Waals surface area contributed by atoms with Gasteiger partial charge >= 0.3 is 0 Å². The molecular weight excluding hydrogens is 316 g/mol. The molecule has 0 aliphatic rings. The number of carbonyl (C=O) groups is 1. The van der Waals surface area contributed by atoms with Crippen molar-refractivity contribution in [3.8, 4) is 0 Å². The molecule has 0 bridgehead atoms. The van der Waals surface area contributed by atoms with Crippen LogP contribution >= 0.6 is 15.9 Å². The Morgan fingerprint density at radius 1 is 1.20 bits per heavy atom. The van der Waals surface area contributed by atoms with E-state index in [-0.39, 0.29) is 5.78 Å². The number of halogens is 1. The number of Topliss-reactive ketones (excluding diaryl/α,β-unsaturated/α-hetero) is 1. The number of hydrogen-bond donors (Lipinski definition) is 0. The molecule has 1 aromatic heterocycles. The summed E-state index contributed by atoms with van der Waals surface area (Å²) in [5.74, 6) is 0.172. The summed E-state index contributed by atoms with van der Waals surface area (Å²) < 4.78 is 0.987. The highest BCUT2D eigenvalue weighted by atomic mass is 79.9. The van der Waals surface area contributed by atoms with Gasteiger partial charge in [0, 0.05) is 35.7 Å². The number of nitrogens with zero attached hydrogens (tertiary/aromatic N) is 2. The molecule has 20 heavy (non-hydrogen) atoms. The molecule has 4 heteroatoms. The Morgan fingerprint density at radius 3 is 2.60 bits per heavy atom. The lowest BCUT2D eigenvalue weighted by molar-refractivity contribution is 0.0967. The summed E-state index contributed by atoms with van der Waals surface area (Å²) in [5, 5.41) is 0. The minimum absolute atomic E-state index is 0.172. The van der Waals surface area contributed by atoms with Gasteiger partial charge in [0.15, 0.2) is 5.78 Å². The highest BCUT2D eigenvalue weighted by Gasteiger charge is 2.08. The van der Waals surface area contributed by atoms with Crippen LogP contribution in [0.5, 0.6) is 0 Å². The Morgan fingerprint density at radius 2 is 1.95 bits per heavy atom. The zero-order valence-corrected chi connectivity index (χ0v) is 13.0. The molecule has 0 saturated heterocycles. The van der Waals surface area contributed by atoms with Crippen molar-refractivity contribution >= 4 is 21.7 Å². The van der Waals surface area contributed by atoms with Crippen LogP contribution in [-0.4, -0.2) is 29.3 Å². The number of aromatic nitrogens is 1. The van der Waals surface area contributed by atoms with E-state index < -0.39 is 0 Å². The summed E-state index contributed by atoms with van der Waals surface area (Å²) >= 11 is 3.37. The molecule has 3 nitrogen and oxygen atoms in total. The standard InChI is InChI=1S/C16H17BrN2O/c1-19(12-15-4-2-3-10-18-15)11-9-16(20)13-5-7-14(17)8-6-13/h2-8,10H,9,11-12H2,1H3. The van der Waals surface area contributed by atoms with Crippen LogP contribution in [0.1, 0.15) is 22.5 Å². The van der Waals surface area contributed by atoms with Gasteiger partial charge in [-0.15, -0.1) is 0 Å². The van der Waals surface area contributed by atoms with Gasteiger partial charge in [-0.3, -0.25) is 9.78 Å². The third kappa shape index (κ3) is 4.54. The first-order chi connectivity index (χ1) is 9.65. The Hall–Kier alpha value is -1.52. The zero-order valence-electron chi connectivity index (χ0n) is 11.4. The smallest absolute Gasteiger partial charge is 0.164 e. The first kappa shape index (κ1) is 14.9. The third-order valence-electron chi connectivity index (χ3n) is 3.04. The fraction of sp³-hybridized carbons (Fsp3) is 0.250. The van der Waals surface area contributed by atoms with Crippen LogP contribution in [0.25, 0.3) is 0 Å². The molecule has 2 rings (SSSR count). The Kier molecular flexibility index (Phi) is 5.44. The quantitative estimate of drug-likeness (QED) is 0.758. The van der Waals surface area contributed by atoms with Crippen LogP contribution in [0.15, 0.2) is 53.1 Å². The number of pyridine rings is 1. The lowest BCUT2D eigenvalue weighted by Gasteiger charge is -2.15. The SMILES string of the molecule is CN(CCC(=O)c1ccc(Br)cc1)Cc1ccccn1. The van der Waals surface area contributed by atoms with E-state index in [1.807, 2.05) is 49.5 Å². The molecular formula is C16H17BrN2O. The number of benzene rings is 1. The van der Waals surface area contributed by atoms with E-state index in [9.17, 15) is 4.79 Å². The molecule has 0 spiro atoms. The maximum atomic E-state index is 12.1. The predicted octanol–water partition coefficient (Wildman–Crippen LogP) is 3.55. The second-order valence-electron chi connectivity index (χ2n) is 4.74. The largest absolute Gasteiger partial charge is 0.300 e. The van der Waals surface area contributed by atoms with Gasteiger partial charge in [-0.25, -0.2) is 0 Å². The number of ketones is 1. The van der Waals surface area contributed by atoms with E-state index in [1.54, 1.807) is 6.20 Å². The molecule has 1 aromatic carbocycles. The molecule has 0 atom stereocenters. The Bertz CT molecular complexity index is 554. The summed E-state index contributed by atoms with van der Waals surface area (Å²) in [7, 11) is 2.00. The molecule has 0 N–H and O–H groups in total. The molecule has 2 aromatic rings. The van der Waals surface area contributed by atoms with Crippen molar-refractivity contribution in [3.63, 3.8) is 0 Å². The van der Waals surface area contributed by atoms with Crippen molar-refractivity contribution in [3.05, 3.63) is 64.4 Å².